The molecule has 240 valence electrons. The lowest BCUT2D eigenvalue weighted by Crippen LogP contribution is -2.26. The number of benzene rings is 2. The van der Waals surface area contributed by atoms with Crippen molar-refractivity contribution in [3.63, 3.8) is 0 Å². The molecule has 0 saturated heterocycles. The van der Waals surface area contributed by atoms with Crippen LogP contribution in [-0.4, -0.2) is 47.6 Å². The Hall–Kier alpha value is -3.64. The van der Waals surface area contributed by atoms with Gasteiger partial charge >= 0.3 is 6.18 Å². The van der Waals surface area contributed by atoms with Gasteiger partial charge in [-0.25, -0.2) is 15.0 Å². The molecule has 0 radical (unpaired) electrons. The first-order chi connectivity index (χ1) is 21.2. The number of rotatable bonds is 12. The molecule has 0 amide bonds. The van der Waals surface area contributed by atoms with Gasteiger partial charge in [-0.15, -0.1) is 0 Å². The Labute approximate surface area is 278 Å². The van der Waals surface area contributed by atoms with E-state index in [-0.39, 0.29) is 23.3 Å². The van der Waals surface area contributed by atoms with Gasteiger partial charge in [-0.2, -0.15) is 18.3 Å². The van der Waals surface area contributed by atoms with E-state index in [0.717, 1.165) is 11.9 Å². The monoisotopic (exact) mass is 703 g/mol. The van der Waals surface area contributed by atoms with E-state index in [1.807, 2.05) is 0 Å². The van der Waals surface area contributed by atoms with Crippen LogP contribution in [0, 0.1) is 0 Å². The minimum Gasteiger partial charge on any atom is -0.501 e. The minimum atomic E-state index is -4.64. The molecule has 1 heterocycles. The van der Waals surface area contributed by atoms with Gasteiger partial charge < -0.3 is 19.5 Å². The first-order valence-corrected chi connectivity index (χ1v) is 14.5. The van der Waals surface area contributed by atoms with Gasteiger partial charge in [-0.3, -0.25) is 0 Å². The van der Waals surface area contributed by atoms with E-state index in [1.54, 1.807) is 44.2 Å². The number of hydrogen-bond acceptors (Lipinski definition) is 8. The van der Waals surface area contributed by atoms with E-state index in [2.05, 4.69) is 20.4 Å². The Morgan fingerprint density at radius 2 is 1.73 bits per heavy atom. The second-order valence-electron chi connectivity index (χ2n) is 9.32. The van der Waals surface area contributed by atoms with Gasteiger partial charge in [-0.05, 0) is 69.3 Å². The zero-order chi connectivity index (χ0) is 33.3. The molecule has 0 unspecified atom stereocenters. The number of methoxy groups -OCH3 is 1. The van der Waals surface area contributed by atoms with E-state index in [4.69, 9.17) is 60.6 Å². The fraction of sp³-hybridized carbons (Fsp3) is 0.233. The molecule has 0 aliphatic rings. The molecular formula is C30H28Cl4F3N5O3. The summed E-state index contributed by atoms with van der Waals surface area (Å²) in [5.41, 5.74) is 1.00. The molecule has 3 aromatic rings. The van der Waals surface area contributed by atoms with Crippen molar-refractivity contribution in [1.29, 1.82) is 0 Å². The van der Waals surface area contributed by atoms with Crippen LogP contribution in [0.3, 0.4) is 0 Å². The van der Waals surface area contributed by atoms with Crippen molar-refractivity contribution in [3.05, 3.63) is 97.6 Å². The summed E-state index contributed by atoms with van der Waals surface area (Å²) in [6.07, 6.45) is 1.44. The van der Waals surface area contributed by atoms with Crippen molar-refractivity contribution in [1.82, 2.24) is 15.0 Å². The predicted molar refractivity (Wildman–Crippen MR) is 174 cm³/mol. The van der Waals surface area contributed by atoms with E-state index in [1.165, 1.54) is 44.9 Å². The lowest BCUT2D eigenvalue weighted by molar-refractivity contribution is -0.0605. The molecule has 0 aliphatic carbocycles. The highest BCUT2D eigenvalue weighted by Crippen LogP contribution is 2.31. The second-order valence-corrected chi connectivity index (χ2v) is 11.0. The average molecular weight is 705 g/mol. The summed E-state index contributed by atoms with van der Waals surface area (Å²) in [5, 5.41) is 9.06. The number of halogens is 7. The Balaban J connectivity index is 1.91. The summed E-state index contributed by atoms with van der Waals surface area (Å²) in [5.74, 6) is 1.15. The lowest BCUT2D eigenvalue weighted by Gasteiger charge is -2.22. The summed E-state index contributed by atoms with van der Waals surface area (Å²) in [6.45, 7) is 4.13. The maximum Gasteiger partial charge on any atom is 0.430 e. The van der Waals surface area contributed by atoms with Gasteiger partial charge in [0.25, 0.3) is 0 Å². The van der Waals surface area contributed by atoms with Gasteiger partial charge in [0.2, 0.25) is 5.88 Å². The van der Waals surface area contributed by atoms with Gasteiger partial charge in [0.15, 0.2) is 0 Å². The molecule has 1 aromatic heterocycles. The van der Waals surface area contributed by atoms with E-state index >= 15 is 0 Å². The molecule has 1 N–H and O–H groups in total. The van der Waals surface area contributed by atoms with Crippen molar-refractivity contribution in [2.75, 3.05) is 26.1 Å². The van der Waals surface area contributed by atoms with Crippen LogP contribution < -0.4 is 10.1 Å². The Kier molecular flexibility index (Phi) is 12.8. The third-order valence-electron chi connectivity index (χ3n) is 5.86. The highest BCUT2D eigenvalue weighted by molar-refractivity contribution is 6.42. The van der Waals surface area contributed by atoms with Gasteiger partial charge in [0, 0.05) is 28.9 Å². The average Bonchev–Trinajstić information content (AvgIpc) is 2.97. The zero-order valence-electron chi connectivity index (χ0n) is 24.6. The van der Waals surface area contributed by atoms with E-state index < -0.39 is 11.9 Å². The molecule has 45 heavy (non-hydrogen) atoms. The van der Waals surface area contributed by atoms with E-state index in [9.17, 15) is 13.2 Å². The van der Waals surface area contributed by atoms with Crippen molar-refractivity contribution >= 4 is 75.8 Å². The first kappa shape index (κ1) is 35.8. The highest BCUT2D eigenvalue weighted by Gasteiger charge is 2.33. The number of nitrogens with one attached hydrogen (secondary N) is 1. The number of hydrogen-bond donors (Lipinski definition) is 1. The number of allylic oxidation sites excluding steroid dienone is 1. The minimum absolute atomic E-state index is 0.0364. The van der Waals surface area contributed by atoms with Gasteiger partial charge in [-0.1, -0.05) is 46.4 Å². The molecule has 0 fully saturated rings. The molecule has 2 aromatic carbocycles. The fourth-order valence-electron chi connectivity index (χ4n) is 3.52. The van der Waals surface area contributed by atoms with Crippen LogP contribution in [0.5, 0.6) is 5.75 Å². The summed E-state index contributed by atoms with van der Waals surface area (Å²) < 4.78 is 56.6. The smallest absolute Gasteiger partial charge is 0.430 e. The van der Waals surface area contributed by atoms with Crippen molar-refractivity contribution in [2.24, 2.45) is 5.10 Å². The first-order valence-electron chi connectivity index (χ1n) is 13.0. The van der Waals surface area contributed by atoms with Crippen LogP contribution in [0.4, 0.5) is 24.7 Å². The lowest BCUT2D eigenvalue weighted by atomic mass is 10.1. The predicted octanol–water partition coefficient (Wildman–Crippen LogP) is 10.0. The van der Waals surface area contributed by atoms with Crippen LogP contribution in [0.2, 0.25) is 20.1 Å². The molecule has 15 heteroatoms. The Morgan fingerprint density at radius 3 is 2.38 bits per heavy atom. The van der Waals surface area contributed by atoms with Gasteiger partial charge in [0.1, 0.15) is 30.2 Å². The Morgan fingerprint density at radius 1 is 1.00 bits per heavy atom. The molecule has 0 bridgehead atoms. The number of hydrazone groups is 1. The summed E-state index contributed by atoms with van der Waals surface area (Å²) in [7, 11) is 2.84. The zero-order valence-corrected chi connectivity index (χ0v) is 27.7. The molecule has 0 atom stereocenters. The quantitative estimate of drug-likeness (QED) is 0.114. The SMILES string of the molecule is CO/C(C)=C/c1c(/C=C/OC/C(C)=C(\Oc2ccc(Cl)cc2Cl)N(C)/N=C(\C)C(F)(F)F)ncnc1Nc1ccc(Cl)c(Cl)c1. The molecule has 0 spiro atoms. The van der Waals surface area contributed by atoms with Crippen LogP contribution in [0.15, 0.2) is 71.3 Å². The number of nitrogens with zero attached hydrogens (tertiary/aromatic N) is 4. The standard InChI is InChI=1S/C30H28Cl4F3N5O3/c1-17(29(42(4)41-19(3)30(35,36)37)45-27-9-6-20(31)13-25(27)34)15-44-11-10-26-22(12-18(2)43-5)28(39-16-38-26)40-21-7-8-23(32)24(33)14-21/h6-14,16H,15H2,1-5H3,(H,38,39,40)/b11-10+,18-12+,29-17-,41-19+. The third-order valence-corrected chi connectivity index (χ3v) is 7.13. The highest BCUT2D eigenvalue weighted by atomic mass is 35.5. The molecule has 0 saturated carbocycles. The van der Waals surface area contributed by atoms with Crippen LogP contribution in [0.1, 0.15) is 32.0 Å². The summed E-state index contributed by atoms with van der Waals surface area (Å²) in [6, 6.07) is 9.52. The molecule has 8 nitrogen and oxygen atoms in total. The third kappa shape index (κ3) is 10.5. The van der Waals surface area contributed by atoms with Crippen molar-refractivity contribution in [2.45, 2.75) is 26.9 Å². The fourth-order valence-corrected chi connectivity index (χ4v) is 4.27. The number of ether oxygens (including phenoxy) is 3. The maximum atomic E-state index is 13.2. The van der Waals surface area contributed by atoms with Crippen LogP contribution in [-0.2, 0) is 9.47 Å². The van der Waals surface area contributed by atoms with Crippen LogP contribution in [0.25, 0.3) is 12.2 Å². The normalized spacial score (nSPS) is 13.1. The van der Waals surface area contributed by atoms with Crippen molar-refractivity contribution in [3.8, 4) is 5.75 Å². The number of anilines is 2. The number of alkyl halides is 3. The molecule has 0 aliphatic heterocycles. The van der Waals surface area contributed by atoms with Gasteiger partial charge in [0.05, 0.1) is 39.9 Å². The maximum absolute atomic E-state index is 13.2. The number of aromatic nitrogens is 2. The largest absolute Gasteiger partial charge is 0.501 e. The summed E-state index contributed by atoms with van der Waals surface area (Å²) >= 11 is 24.4. The van der Waals surface area contributed by atoms with Crippen LogP contribution >= 0.6 is 46.4 Å². The topological polar surface area (TPSA) is 81.1 Å². The van der Waals surface area contributed by atoms with E-state index in [0.29, 0.717) is 49.2 Å². The summed E-state index contributed by atoms with van der Waals surface area (Å²) in [4.78, 5) is 8.70. The Bertz CT molecular complexity index is 1650. The molecule has 3 rings (SSSR count). The second kappa shape index (κ2) is 16.1. The van der Waals surface area contributed by atoms with Crippen molar-refractivity contribution < 1.29 is 27.4 Å². The molecular weight excluding hydrogens is 677 g/mol.